The number of nitrogens with one attached hydrogen (secondary N) is 1. The Bertz CT molecular complexity index is 532. The van der Waals surface area contributed by atoms with Gasteiger partial charge in [0, 0.05) is 12.6 Å². The molecule has 1 aliphatic rings. The number of carbonyl (C=O) groups is 1. The minimum atomic E-state index is -1.20. The second-order valence-electron chi connectivity index (χ2n) is 5.18. The molecule has 1 fully saturated rings. The first kappa shape index (κ1) is 14.2. The second-order valence-corrected chi connectivity index (χ2v) is 5.18. The SMILES string of the molecule is CC1CCCC1CNc1nc(C(=O)O)ccc1[N+](=O)[O-]. The van der Waals surface area contributed by atoms with E-state index < -0.39 is 10.9 Å². The first-order chi connectivity index (χ1) is 9.49. The van der Waals surface area contributed by atoms with Gasteiger partial charge in [0.1, 0.15) is 0 Å². The minimum Gasteiger partial charge on any atom is -0.477 e. The summed E-state index contributed by atoms with van der Waals surface area (Å²) in [6.07, 6.45) is 3.41. The molecule has 2 unspecified atom stereocenters. The van der Waals surface area contributed by atoms with Crippen LogP contribution in [0.1, 0.15) is 36.7 Å². The third kappa shape index (κ3) is 3.04. The quantitative estimate of drug-likeness (QED) is 0.633. The Morgan fingerprint density at radius 1 is 1.55 bits per heavy atom. The van der Waals surface area contributed by atoms with Gasteiger partial charge in [0.25, 0.3) is 0 Å². The van der Waals surface area contributed by atoms with Crippen molar-refractivity contribution in [3.63, 3.8) is 0 Å². The van der Waals surface area contributed by atoms with Crippen molar-refractivity contribution in [1.29, 1.82) is 0 Å². The standard InChI is InChI=1S/C13H17N3O4/c1-8-3-2-4-9(8)7-14-12-11(16(19)20)6-5-10(15-12)13(17)18/h5-6,8-9H,2-4,7H2,1H3,(H,14,15)(H,17,18). The van der Waals surface area contributed by atoms with Gasteiger partial charge in [-0.1, -0.05) is 19.8 Å². The zero-order chi connectivity index (χ0) is 14.7. The maximum Gasteiger partial charge on any atom is 0.354 e. The molecule has 0 amide bonds. The molecule has 1 aromatic heterocycles. The molecule has 0 aromatic carbocycles. The summed E-state index contributed by atoms with van der Waals surface area (Å²) in [5.41, 5.74) is -0.391. The van der Waals surface area contributed by atoms with Crippen molar-refractivity contribution in [1.82, 2.24) is 4.98 Å². The third-order valence-corrected chi connectivity index (χ3v) is 3.86. The van der Waals surface area contributed by atoms with E-state index in [0.29, 0.717) is 18.4 Å². The van der Waals surface area contributed by atoms with Crippen LogP contribution >= 0.6 is 0 Å². The van der Waals surface area contributed by atoms with Crippen LogP contribution in [0.15, 0.2) is 12.1 Å². The Morgan fingerprint density at radius 2 is 2.30 bits per heavy atom. The molecular weight excluding hydrogens is 262 g/mol. The van der Waals surface area contributed by atoms with E-state index in [9.17, 15) is 14.9 Å². The summed E-state index contributed by atoms with van der Waals surface area (Å²) in [5.74, 6) is -0.139. The highest BCUT2D eigenvalue weighted by molar-refractivity contribution is 5.86. The van der Waals surface area contributed by atoms with Gasteiger partial charge in [0.05, 0.1) is 4.92 Å². The number of hydrogen-bond donors (Lipinski definition) is 2. The van der Waals surface area contributed by atoms with Gasteiger partial charge in [-0.25, -0.2) is 9.78 Å². The van der Waals surface area contributed by atoms with Crippen molar-refractivity contribution in [2.24, 2.45) is 11.8 Å². The van der Waals surface area contributed by atoms with E-state index in [-0.39, 0.29) is 17.2 Å². The Morgan fingerprint density at radius 3 is 2.85 bits per heavy atom. The molecule has 2 atom stereocenters. The number of pyridine rings is 1. The highest BCUT2D eigenvalue weighted by Gasteiger charge is 2.25. The highest BCUT2D eigenvalue weighted by Crippen LogP contribution is 2.32. The average molecular weight is 279 g/mol. The molecule has 1 saturated carbocycles. The fraction of sp³-hybridized carbons (Fsp3) is 0.538. The van der Waals surface area contributed by atoms with Crippen LogP contribution in [0.2, 0.25) is 0 Å². The van der Waals surface area contributed by atoms with Gasteiger partial charge in [0.2, 0.25) is 5.82 Å². The van der Waals surface area contributed by atoms with Gasteiger partial charge in [0.15, 0.2) is 5.69 Å². The van der Waals surface area contributed by atoms with E-state index in [2.05, 4.69) is 17.2 Å². The van der Waals surface area contributed by atoms with Crippen molar-refractivity contribution in [2.75, 3.05) is 11.9 Å². The van der Waals surface area contributed by atoms with E-state index in [4.69, 9.17) is 5.11 Å². The molecule has 108 valence electrons. The molecular formula is C13H17N3O4. The van der Waals surface area contributed by atoms with E-state index in [1.54, 1.807) is 0 Å². The maximum atomic E-state index is 10.9. The first-order valence-corrected chi connectivity index (χ1v) is 6.61. The fourth-order valence-corrected chi connectivity index (χ4v) is 2.60. The largest absolute Gasteiger partial charge is 0.477 e. The number of rotatable bonds is 5. The van der Waals surface area contributed by atoms with Gasteiger partial charge in [-0.15, -0.1) is 0 Å². The van der Waals surface area contributed by atoms with Crippen molar-refractivity contribution in [3.05, 3.63) is 27.9 Å². The smallest absolute Gasteiger partial charge is 0.354 e. The zero-order valence-corrected chi connectivity index (χ0v) is 11.2. The van der Waals surface area contributed by atoms with E-state index in [0.717, 1.165) is 25.3 Å². The molecule has 0 aliphatic heterocycles. The predicted octanol–water partition coefficient (Wildman–Crippen LogP) is 2.54. The lowest BCUT2D eigenvalue weighted by Gasteiger charge is -2.16. The molecule has 7 heteroatoms. The van der Waals surface area contributed by atoms with Crippen molar-refractivity contribution in [3.8, 4) is 0 Å². The van der Waals surface area contributed by atoms with Crippen LogP contribution in [0.25, 0.3) is 0 Å². The predicted molar refractivity (Wildman–Crippen MR) is 72.8 cm³/mol. The molecule has 0 spiro atoms. The van der Waals surface area contributed by atoms with Crippen LogP contribution in [0.3, 0.4) is 0 Å². The molecule has 1 aromatic rings. The molecule has 20 heavy (non-hydrogen) atoms. The van der Waals surface area contributed by atoms with Crippen LogP contribution in [0, 0.1) is 22.0 Å². The normalized spacial score (nSPS) is 21.6. The number of aromatic carboxylic acids is 1. The summed E-state index contributed by atoms with van der Waals surface area (Å²) in [4.78, 5) is 25.1. The lowest BCUT2D eigenvalue weighted by molar-refractivity contribution is -0.384. The highest BCUT2D eigenvalue weighted by atomic mass is 16.6. The van der Waals surface area contributed by atoms with Crippen molar-refractivity contribution >= 4 is 17.5 Å². The number of aromatic nitrogens is 1. The van der Waals surface area contributed by atoms with E-state index in [1.807, 2.05) is 0 Å². The number of nitrogens with zero attached hydrogens (tertiary/aromatic N) is 2. The van der Waals surface area contributed by atoms with Crippen molar-refractivity contribution < 1.29 is 14.8 Å². The van der Waals surface area contributed by atoms with E-state index >= 15 is 0 Å². The molecule has 0 bridgehead atoms. The molecule has 7 nitrogen and oxygen atoms in total. The number of carboxylic acids is 1. The summed E-state index contributed by atoms with van der Waals surface area (Å²) < 4.78 is 0. The van der Waals surface area contributed by atoms with Gasteiger partial charge >= 0.3 is 11.7 Å². The van der Waals surface area contributed by atoms with Crippen LogP contribution in [-0.4, -0.2) is 27.5 Å². The molecule has 1 aliphatic carbocycles. The first-order valence-electron chi connectivity index (χ1n) is 6.61. The van der Waals surface area contributed by atoms with Crippen LogP contribution in [0.4, 0.5) is 11.5 Å². The van der Waals surface area contributed by atoms with E-state index in [1.165, 1.54) is 6.07 Å². The number of carboxylic acid groups (broad SMARTS) is 1. The minimum absolute atomic E-state index is 0.0361. The molecule has 0 radical (unpaired) electrons. The van der Waals surface area contributed by atoms with Crippen LogP contribution in [0.5, 0.6) is 0 Å². The van der Waals surface area contributed by atoms with Gasteiger partial charge in [-0.3, -0.25) is 10.1 Å². The molecule has 0 saturated heterocycles. The Hall–Kier alpha value is -2.18. The Labute approximate surface area is 116 Å². The van der Waals surface area contributed by atoms with Gasteiger partial charge in [-0.05, 0) is 24.3 Å². The summed E-state index contributed by atoms with van der Waals surface area (Å²) in [7, 11) is 0. The number of anilines is 1. The number of nitro groups is 1. The Kier molecular flexibility index (Phi) is 4.16. The monoisotopic (exact) mass is 279 g/mol. The maximum absolute atomic E-state index is 10.9. The summed E-state index contributed by atoms with van der Waals surface area (Å²) in [5, 5.41) is 22.8. The van der Waals surface area contributed by atoms with Crippen LogP contribution in [-0.2, 0) is 0 Å². The van der Waals surface area contributed by atoms with Gasteiger partial charge < -0.3 is 10.4 Å². The summed E-state index contributed by atoms with van der Waals surface area (Å²) in [6.45, 7) is 2.74. The lowest BCUT2D eigenvalue weighted by atomic mass is 9.98. The Balaban J connectivity index is 2.17. The molecule has 2 rings (SSSR count). The van der Waals surface area contributed by atoms with Crippen molar-refractivity contribution in [2.45, 2.75) is 26.2 Å². The fourth-order valence-electron chi connectivity index (χ4n) is 2.60. The molecule has 1 heterocycles. The summed E-state index contributed by atoms with van der Waals surface area (Å²) >= 11 is 0. The second kappa shape index (κ2) is 5.85. The number of hydrogen-bond acceptors (Lipinski definition) is 5. The lowest BCUT2D eigenvalue weighted by Crippen LogP contribution is -2.18. The zero-order valence-electron chi connectivity index (χ0n) is 11.2. The average Bonchev–Trinajstić information content (AvgIpc) is 2.81. The van der Waals surface area contributed by atoms with Gasteiger partial charge in [-0.2, -0.15) is 0 Å². The topological polar surface area (TPSA) is 105 Å². The third-order valence-electron chi connectivity index (χ3n) is 3.86. The van der Waals surface area contributed by atoms with Crippen LogP contribution < -0.4 is 5.32 Å². The molecule has 2 N–H and O–H groups in total. The summed E-state index contributed by atoms with van der Waals surface area (Å²) in [6, 6.07) is 2.32.